The van der Waals surface area contributed by atoms with Crippen LogP contribution in [0, 0.1) is 0 Å². The van der Waals surface area contributed by atoms with E-state index in [2.05, 4.69) is 108 Å². The Kier molecular flexibility index (Phi) is 6.49. The number of furan rings is 2. The minimum absolute atomic E-state index is 0.262. The maximum absolute atomic E-state index is 6.44. The van der Waals surface area contributed by atoms with E-state index < -0.39 is 0 Å². The van der Waals surface area contributed by atoms with Crippen LogP contribution in [0.3, 0.4) is 0 Å². The number of fused-ring (bicyclic) bond motifs is 6. The average Bonchev–Trinajstić information content (AvgIpc) is 3.76. The number of hydrogen-bond donors (Lipinski definition) is 1. The van der Waals surface area contributed by atoms with Crippen molar-refractivity contribution in [3.63, 3.8) is 0 Å². The van der Waals surface area contributed by atoms with E-state index in [1.807, 2.05) is 60.7 Å². The molecule has 2 aromatic heterocycles. The Morgan fingerprint density at radius 3 is 2.02 bits per heavy atom. The largest absolute Gasteiger partial charge is 0.456 e. The molecule has 5 nitrogen and oxygen atoms in total. The van der Waals surface area contributed by atoms with Gasteiger partial charge in [-0.2, -0.15) is 0 Å². The zero-order valence-corrected chi connectivity index (χ0v) is 26.9. The molecule has 1 aliphatic rings. The van der Waals surface area contributed by atoms with Crippen molar-refractivity contribution in [2.24, 2.45) is 9.98 Å². The lowest BCUT2D eigenvalue weighted by Gasteiger charge is -2.23. The van der Waals surface area contributed by atoms with Crippen molar-refractivity contribution in [3.05, 3.63) is 180 Å². The standard InChI is InChI=1S/C45H29N3O2/c1-3-11-28(12-4-1)43-46-44(29-13-5-2-6-14-29)48-45(47-43)33-21-23-36-38-26-31(22-24-40(38)49-41(36)27-33)30-15-9-16-32(25-30)34-18-10-19-37-35-17-7-8-20-39(35)50-42(34)37/h1-27,43H,(H,46,47,48). The number of benzene rings is 7. The van der Waals surface area contributed by atoms with Gasteiger partial charge < -0.3 is 14.2 Å². The van der Waals surface area contributed by atoms with Crippen LogP contribution in [0.15, 0.2) is 183 Å². The van der Waals surface area contributed by atoms with Gasteiger partial charge in [0.2, 0.25) is 0 Å². The van der Waals surface area contributed by atoms with E-state index in [4.69, 9.17) is 18.8 Å². The van der Waals surface area contributed by atoms with Gasteiger partial charge in [0.25, 0.3) is 0 Å². The number of aliphatic imine (C=N–C) groups is 2. The first-order chi connectivity index (χ1) is 24.7. The van der Waals surface area contributed by atoms with Gasteiger partial charge in [-0.05, 0) is 58.7 Å². The summed E-state index contributed by atoms with van der Waals surface area (Å²) in [4.78, 5) is 9.96. The van der Waals surface area contributed by atoms with Gasteiger partial charge in [0, 0.05) is 38.2 Å². The summed E-state index contributed by atoms with van der Waals surface area (Å²) in [6.45, 7) is 0. The van der Waals surface area contributed by atoms with Gasteiger partial charge in [0.1, 0.15) is 34.3 Å². The van der Waals surface area contributed by atoms with Crippen LogP contribution in [0.1, 0.15) is 22.9 Å². The fourth-order valence-electron chi connectivity index (χ4n) is 7.06. The van der Waals surface area contributed by atoms with Gasteiger partial charge in [-0.15, -0.1) is 0 Å². The van der Waals surface area contributed by atoms with Crippen LogP contribution >= 0.6 is 0 Å². The summed E-state index contributed by atoms with van der Waals surface area (Å²) < 4.78 is 12.8. The maximum atomic E-state index is 6.44. The normalized spacial score (nSPS) is 14.6. The highest BCUT2D eigenvalue weighted by Crippen LogP contribution is 2.38. The first-order valence-electron chi connectivity index (χ1n) is 16.8. The lowest BCUT2D eigenvalue weighted by molar-refractivity contribution is 0.666. The SMILES string of the molecule is c1ccc(C2=NC(c3ccccc3)NC(c3ccc4c(c3)oc3ccc(-c5cccc(-c6cccc7c6oc6ccccc67)c5)cc34)=N2)cc1. The summed E-state index contributed by atoms with van der Waals surface area (Å²) in [5.74, 6) is 1.45. The molecule has 1 unspecified atom stereocenters. The van der Waals surface area contributed by atoms with Crippen molar-refractivity contribution < 1.29 is 8.83 Å². The third kappa shape index (κ3) is 4.79. The molecule has 0 amide bonds. The van der Waals surface area contributed by atoms with Gasteiger partial charge in [-0.25, -0.2) is 9.98 Å². The van der Waals surface area contributed by atoms with Crippen LogP contribution < -0.4 is 5.32 Å². The third-order valence-corrected chi connectivity index (χ3v) is 9.55. The number of nitrogens with zero attached hydrogens (tertiary/aromatic N) is 2. The molecule has 0 fully saturated rings. The fourth-order valence-corrected chi connectivity index (χ4v) is 7.06. The summed E-state index contributed by atoms with van der Waals surface area (Å²) >= 11 is 0. The monoisotopic (exact) mass is 643 g/mol. The van der Waals surface area contributed by atoms with Gasteiger partial charge in [-0.1, -0.05) is 127 Å². The van der Waals surface area contributed by atoms with Gasteiger partial charge >= 0.3 is 0 Å². The second kappa shape index (κ2) is 11.5. The molecule has 9 aromatic rings. The molecule has 0 saturated heterocycles. The first-order valence-corrected chi connectivity index (χ1v) is 16.8. The molecule has 1 aliphatic heterocycles. The number of amidine groups is 2. The molecule has 1 N–H and O–H groups in total. The molecule has 3 heterocycles. The van der Waals surface area contributed by atoms with Crippen LogP contribution in [0.2, 0.25) is 0 Å². The molecule has 0 radical (unpaired) electrons. The van der Waals surface area contributed by atoms with E-state index in [1.54, 1.807) is 0 Å². The molecule has 10 rings (SSSR count). The molecule has 0 spiro atoms. The summed E-state index contributed by atoms with van der Waals surface area (Å²) in [6.07, 6.45) is -0.262. The highest BCUT2D eigenvalue weighted by Gasteiger charge is 2.22. The van der Waals surface area contributed by atoms with E-state index in [9.17, 15) is 0 Å². The number of hydrogen-bond acceptors (Lipinski definition) is 5. The molecule has 1 atom stereocenters. The zero-order valence-electron chi connectivity index (χ0n) is 26.9. The average molecular weight is 644 g/mol. The summed E-state index contributed by atoms with van der Waals surface area (Å²) in [5, 5.41) is 7.95. The topological polar surface area (TPSA) is 63.0 Å². The first kappa shape index (κ1) is 28.3. The molecule has 50 heavy (non-hydrogen) atoms. The van der Waals surface area contributed by atoms with E-state index in [1.165, 1.54) is 0 Å². The van der Waals surface area contributed by atoms with Crippen molar-refractivity contribution in [2.75, 3.05) is 0 Å². The van der Waals surface area contributed by atoms with Gasteiger partial charge in [0.15, 0.2) is 5.84 Å². The lowest BCUT2D eigenvalue weighted by atomic mass is 9.97. The third-order valence-electron chi connectivity index (χ3n) is 9.55. The Labute approximate surface area is 287 Å². The quantitative estimate of drug-likeness (QED) is 0.203. The zero-order chi connectivity index (χ0) is 33.0. The predicted octanol–water partition coefficient (Wildman–Crippen LogP) is 11.3. The lowest BCUT2D eigenvalue weighted by Crippen LogP contribution is -2.33. The molecule has 0 bridgehead atoms. The molecule has 236 valence electrons. The minimum atomic E-state index is -0.262. The Bertz CT molecular complexity index is 2790. The van der Waals surface area contributed by atoms with Crippen molar-refractivity contribution in [1.82, 2.24) is 5.32 Å². The number of rotatable bonds is 5. The summed E-state index contributed by atoms with van der Waals surface area (Å²) in [6, 6.07) is 56.4. The minimum Gasteiger partial charge on any atom is -0.456 e. The molecular weight excluding hydrogens is 615 g/mol. The smallest absolute Gasteiger partial charge is 0.159 e. The highest BCUT2D eigenvalue weighted by atomic mass is 16.3. The van der Waals surface area contributed by atoms with E-state index in [0.29, 0.717) is 5.84 Å². The van der Waals surface area contributed by atoms with Crippen LogP contribution in [0.5, 0.6) is 0 Å². The Morgan fingerprint density at radius 1 is 0.440 bits per heavy atom. The van der Waals surface area contributed by atoms with Gasteiger partial charge in [0.05, 0.1) is 0 Å². The van der Waals surface area contributed by atoms with Crippen molar-refractivity contribution >= 4 is 55.5 Å². The molecule has 7 aromatic carbocycles. The molecule has 0 saturated carbocycles. The molecular formula is C45H29N3O2. The van der Waals surface area contributed by atoms with Gasteiger partial charge in [-0.3, -0.25) is 0 Å². The molecule has 5 heteroatoms. The molecule has 0 aliphatic carbocycles. The van der Waals surface area contributed by atoms with E-state index >= 15 is 0 Å². The Hall–Kier alpha value is -6.72. The second-order valence-corrected chi connectivity index (χ2v) is 12.6. The van der Waals surface area contributed by atoms with Crippen LogP contribution in [-0.4, -0.2) is 11.7 Å². The van der Waals surface area contributed by atoms with Crippen molar-refractivity contribution in [3.8, 4) is 22.3 Å². The summed E-state index contributed by atoms with van der Waals surface area (Å²) in [5.41, 5.74) is 10.9. The number of nitrogens with one attached hydrogen (secondary N) is 1. The van der Waals surface area contributed by atoms with Crippen molar-refractivity contribution in [1.29, 1.82) is 0 Å². The maximum Gasteiger partial charge on any atom is 0.159 e. The fraction of sp³-hybridized carbons (Fsp3) is 0.0222. The van der Waals surface area contributed by atoms with Crippen LogP contribution in [0.25, 0.3) is 66.1 Å². The Morgan fingerprint density at radius 2 is 1.12 bits per heavy atom. The summed E-state index contributed by atoms with van der Waals surface area (Å²) in [7, 11) is 0. The highest BCUT2D eigenvalue weighted by molar-refractivity contribution is 6.15. The van der Waals surface area contributed by atoms with E-state index in [0.717, 1.165) is 88.7 Å². The van der Waals surface area contributed by atoms with Crippen LogP contribution in [0.4, 0.5) is 0 Å². The van der Waals surface area contributed by atoms with Crippen LogP contribution in [-0.2, 0) is 0 Å². The van der Waals surface area contributed by atoms with Crippen molar-refractivity contribution in [2.45, 2.75) is 6.17 Å². The Balaban J connectivity index is 1.02. The predicted molar refractivity (Wildman–Crippen MR) is 204 cm³/mol. The van der Waals surface area contributed by atoms with E-state index in [-0.39, 0.29) is 6.17 Å². The number of para-hydroxylation sites is 2. The second-order valence-electron chi connectivity index (χ2n) is 12.6.